The quantitative estimate of drug-likeness (QED) is 0.0914. The smallest absolute Gasteiger partial charge is 0.0920 e. The van der Waals surface area contributed by atoms with Gasteiger partial charge in [-0.1, -0.05) is 53.1 Å². The molecule has 41 heavy (non-hydrogen) atoms. The van der Waals surface area contributed by atoms with Gasteiger partial charge < -0.3 is 0 Å². The molecule has 1 heterocycles. The molecule has 6 rings (SSSR count). The summed E-state index contributed by atoms with van der Waals surface area (Å²) in [6.45, 7) is 3.50. The average Bonchev–Trinajstić information content (AvgIpc) is 3.48. The zero-order chi connectivity index (χ0) is 29.9. The number of hydrogen-bond acceptors (Lipinski definition) is 0. The topological polar surface area (TPSA) is 0 Å². The van der Waals surface area contributed by atoms with E-state index in [1.54, 1.807) is 25.1 Å². The van der Waals surface area contributed by atoms with E-state index >= 15 is 0 Å². The third-order valence-corrected chi connectivity index (χ3v) is 7.82. The van der Waals surface area contributed by atoms with Crippen molar-refractivity contribution in [2.75, 3.05) is 0 Å². The van der Waals surface area contributed by atoms with Gasteiger partial charge in [0.1, 0.15) is 0 Å². The standard InChI is InChI=1S/C19H13F6.C12H7Si.2ClH.Zr/c1-10-5-12-4-3-11(2)17(16(12)6-10)13-7-14(18(20,21)22)9-15(8-13)19(23,24)25;1-3-7-11-9(5-1)10-6-2-4-8-12(10)13-11;;;/h3-9H,1-2H3;1-7H;2*1H;/q2*-1;;;+4/p-2. The monoisotopic (exact) mass is 694 g/mol. The van der Waals surface area contributed by atoms with E-state index in [2.05, 4.69) is 42.5 Å². The van der Waals surface area contributed by atoms with Crippen LogP contribution in [-0.2, 0) is 33.2 Å². The van der Waals surface area contributed by atoms with Crippen LogP contribution in [0.2, 0.25) is 0 Å². The van der Waals surface area contributed by atoms with Gasteiger partial charge in [0.2, 0.25) is 0 Å². The molecule has 0 nitrogen and oxygen atoms in total. The first kappa shape index (κ1) is 31.7. The fraction of sp³-hybridized carbons (Fsp3) is 0.129. The van der Waals surface area contributed by atoms with Crippen LogP contribution in [0.25, 0.3) is 33.0 Å². The first-order chi connectivity index (χ1) is 19.3. The molecule has 0 unspecified atom stereocenters. The zero-order valence-electron chi connectivity index (χ0n) is 21.6. The van der Waals surface area contributed by atoms with E-state index in [1.165, 1.54) is 21.5 Å². The minimum Gasteiger partial charge on any atom is -0.184 e. The summed E-state index contributed by atoms with van der Waals surface area (Å²) in [5, 5.41) is 4.25. The van der Waals surface area contributed by atoms with E-state index in [1.807, 2.05) is 19.1 Å². The molecule has 2 radical (unpaired) electrons. The predicted octanol–water partition coefficient (Wildman–Crippen LogP) is 9.38. The molecule has 0 N–H and O–H groups in total. The number of halogens is 8. The molecule has 0 aromatic heterocycles. The Bertz CT molecular complexity index is 1600. The van der Waals surface area contributed by atoms with Crippen LogP contribution in [0.3, 0.4) is 0 Å². The fourth-order valence-corrected chi connectivity index (χ4v) is 6.06. The molecular formula is C31H20Cl2F6SiZr. The first-order valence-corrected chi connectivity index (χ1v) is 19.5. The third-order valence-electron chi connectivity index (χ3n) is 6.45. The van der Waals surface area contributed by atoms with Gasteiger partial charge in [0.25, 0.3) is 0 Å². The van der Waals surface area contributed by atoms with E-state index in [-0.39, 0.29) is 11.6 Å². The van der Waals surface area contributed by atoms with Crippen LogP contribution < -0.4 is 10.4 Å². The van der Waals surface area contributed by atoms with Crippen molar-refractivity contribution in [3.63, 3.8) is 0 Å². The number of aryl methyl sites for hydroxylation is 2. The van der Waals surface area contributed by atoms with Crippen molar-refractivity contribution in [2.45, 2.75) is 26.2 Å². The summed E-state index contributed by atoms with van der Waals surface area (Å²) in [7, 11) is 10.7. The van der Waals surface area contributed by atoms with E-state index in [4.69, 9.17) is 17.0 Å². The van der Waals surface area contributed by atoms with Gasteiger partial charge in [-0.25, -0.2) is 0 Å². The SMILES string of the molecule is Cc1cc2c(-c3cc(C(F)(F)F)cc(C(F)(F)F)c3)c(C)ccc2[cH-]1.[Cl][Zr+2][Cl].[c-]1cccc2c1[Si]c1ccccc1-2. The van der Waals surface area contributed by atoms with Crippen molar-refractivity contribution < 1.29 is 47.2 Å². The molecule has 1 aliphatic heterocycles. The van der Waals surface area contributed by atoms with Crippen molar-refractivity contribution in [1.82, 2.24) is 0 Å². The summed E-state index contributed by atoms with van der Waals surface area (Å²) in [6, 6.07) is 27.0. The Hall–Kier alpha value is -2.25. The number of alkyl halides is 6. The maximum absolute atomic E-state index is 13.1. The second-order valence-corrected chi connectivity index (χ2v) is 14.3. The van der Waals surface area contributed by atoms with Gasteiger partial charge in [0, 0.05) is 0 Å². The molecule has 0 bridgehead atoms. The van der Waals surface area contributed by atoms with Crippen LogP contribution in [0.1, 0.15) is 22.3 Å². The Labute approximate surface area is 255 Å². The van der Waals surface area contributed by atoms with Crippen molar-refractivity contribution in [3.8, 4) is 22.3 Å². The molecule has 0 aliphatic carbocycles. The van der Waals surface area contributed by atoms with Gasteiger partial charge in [0.05, 0.1) is 20.6 Å². The van der Waals surface area contributed by atoms with Gasteiger partial charge in [0.15, 0.2) is 0 Å². The predicted molar refractivity (Wildman–Crippen MR) is 152 cm³/mol. The molecule has 208 valence electrons. The Balaban J connectivity index is 0.000000200. The summed E-state index contributed by atoms with van der Waals surface area (Å²) in [6.07, 6.45) is -9.72. The van der Waals surface area contributed by atoms with Crippen molar-refractivity contribution >= 4 is 47.7 Å². The molecule has 0 amide bonds. The van der Waals surface area contributed by atoms with Crippen LogP contribution in [0, 0.1) is 19.9 Å². The minimum absolute atomic E-state index is 0.0872. The molecule has 0 saturated heterocycles. The minimum atomic E-state index is -4.86. The normalized spacial score (nSPS) is 12.0. The van der Waals surface area contributed by atoms with Gasteiger partial charge in [-0.15, -0.1) is 40.1 Å². The van der Waals surface area contributed by atoms with Gasteiger partial charge in [-0.3, -0.25) is 0 Å². The third kappa shape index (κ3) is 7.40. The number of fused-ring (bicyclic) bond motifs is 4. The zero-order valence-corrected chi connectivity index (χ0v) is 26.6. The summed E-state index contributed by atoms with van der Waals surface area (Å²) in [4.78, 5) is 0. The number of rotatable bonds is 1. The summed E-state index contributed by atoms with van der Waals surface area (Å²) < 4.78 is 78.6. The summed E-state index contributed by atoms with van der Waals surface area (Å²) in [5.74, 6) is 0. The Morgan fingerprint density at radius 3 is 2.02 bits per heavy atom. The number of benzene rings is 4. The molecule has 0 atom stereocenters. The number of hydrogen-bond donors (Lipinski definition) is 0. The van der Waals surface area contributed by atoms with Crippen LogP contribution in [0.15, 0.2) is 84.9 Å². The van der Waals surface area contributed by atoms with Gasteiger partial charge >= 0.3 is 50.2 Å². The molecule has 5 aromatic carbocycles. The molecule has 1 aliphatic rings. The van der Waals surface area contributed by atoms with Crippen LogP contribution in [0.5, 0.6) is 0 Å². The second kappa shape index (κ2) is 12.9. The molecule has 0 fully saturated rings. The van der Waals surface area contributed by atoms with E-state index in [0.717, 1.165) is 32.6 Å². The molecular weight excluding hydrogens is 677 g/mol. The Kier molecular flexibility index (Phi) is 10.0. The van der Waals surface area contributed by atoms with Crippen LogP contribution >= 0.6 is 17.0 Å². The van der Waals surface area contributed by atoms with Crippen molar-refractivity contribution in [1.29, 1.82) is 0 Å². The molecule has 10 heteroatoms. The molecule has 0 spiro atoms. The van der Waals surface area contributed by atoms with Gasteiger partial charge in [-0.2, -0.15) is 61.9 Å². The summed E-state index contributed by atoms with van der Waals surface area (Å²) >= 11 is -0.826. The van der Waals surface area contributed by atoms with E-state index in [9.17, 15) is 26.3 Å². The molecule has 5 aromatic rings. The fourth-order valence-electron chi connectivity index (χ4n) is 4.75. The largest absolute Gasteiger partial charge is 0.184 e. The average molecular weight is 697 g/mol. The maximum atomic E-state index is 13.1. The maximum Gasteiger partial charge on any atom is 0.0920 e. The van der Waals surface area contributed by atoms with Gasteiger partial charge in [-0.05, 0) is 30.7 Å². The van der Waals surface area contributed by atoms with E-state index < -0.39 is 44.3 Å². The second-order valence-electron chi connectivity index (χ2n) is 9.29. The Morgan fingerprint density at radius 1 is 0.780 bits per heavy atom. The van der Waals surface area contributed by atoms with Crippen LogP contribution in [-0.4, -0.2) is 9.52 Å². The van der Waals surface area contributed by atoms with Crippen molar-refractivity contribution in [3.05, 3.63) is 113 Å². The first-order valence-electron chi connectivity index (χ1n) is 12.1. The molecule has 0 saturated carbocycles. The Morgan fingerprint density at radius 2 is 1.39 bits per heavy atom. The van der Waals surface area contributed by atoms with Crippen LogP contribution in [0.4, 0.5) is 26.3 Å². The van der Waals surface area contributed by atoms with E-state index in [0.29, 0.717) is 16.5 Å². The van der Waals surface area contributed by atoms with Crippen molar-refractivity contribution in [2.24, 2.45) is 0 Å². The summed E-state index contributed by atoms with van der Waals surface area (Å²) in [5.41, 5.74) is 1.96.